The van der Waals surface area contributed by atoms with E-state index in [1.54, 1.807) is 12.3 Å². The van der Waals surface area contributed by atoms with E-state index in [1.165, 1.54) is 24.1 Å². The number of ether oxygens (including phenoxy) is 1. The van der Waals surface area contributed by atoms with Crippen LogP contribution in [0.4, 0.5) is 0 Å². The molecule has 0 saturated heterocycles. The molecule has 0 saturated carbocycles. The molecule has 0 bridgehead atoms. The van der Waals surface area contributed by atoms with Crippen LogP contribution in [-0.2, 0) is 0 Å². The first kappa shape index (κ1) is 9.79. The number of aromatic amines is 1. The fourth-order valence-corrected chi connectivity index (χ4v) is 1.37. The van der Waals surface area contributed by atoms with Crippen LogP contribution in [0.1, 0.15) is 0 Å². The Hall–Kier alpha value is -1.75. The Kier molecular flexibility index (Phi) is 2.47. The molecular weight excluding hydrogens is 218 g/mol. The Morgan fingerprint density at radius 1 is 1.60 bits per heavy atom. The molecule has 1 N–H and O–H groups in total. The van der Waals surface area contributed by atoms with Gasteiger partial charge in [-0.25, -0.2) is 4.98 Å². The Morgan fingerprint density at radius 2 is 2.40 bits per heavy atom. The van der Waals surface area contributed by atoms with Gasteiger partial charge in [0, 0.05) is 18.5 Å². The van der Waals surface area contributed by atoms with Crippen molar-refractivity contribution in [2.75, 3.05) is 7.11 Å². The smallest absolute Gasteiger partial charge is 0.264 e. The molecule has 78 valence electrons. The summed E-state index contributed by atoms with van der Waals surface area (Å²) in [6.07, 6.45) is 3.06. The zero-order valence-electron chi connectivity index (χ0n) is 7.90. The maximum Gasteiger partial charge on any atom is 0.264 e. The third-order valence-electron chi connectivity index (χ3n) is 1.86. The molecule has 0 aliphatic rings. The molecule has 0 spiro atoms. The summed E-state index contributed by atoms with van der Waals surface area (Å²) in [5.41, 5.74) is 0.393. The highest BCUT2D eigenvalue weighted by molar-refractivity contribution is 6.30. The van der Waals surface area contributed by atoms with Crippen LogP contribution in [0.2, 0.25) is 5.02 Å². The van der Waals surface area contributed by atoms with Crippen LogP contribution in [0.5, 0.6) is 5.88 Å². The largest absolute Gasteiger partial charge is 0.479 e. The highest BCUT2D eigenvalue weighted by atomic mass is 35.5. The third-order valence-corrected chi connectivity index (χ3v) is 2.06. The molecule has 0 aliphatic heterocycles. The second-order valence-corrected chi connectivity index (χ2v) is 3.28. The quantitative estimate of drug-likeness (QED) is 0.836. The second kappa shape index (κ2) is 3.78. The van der Waals surface area contributed by atoms with Crippen LogP contribution in [0.3, 0.4) is 0 Å². The lowest BCUT2D eigenvalue weighted by Gasteiger charge is -2.07. The van der Waals surface area contributed by atoms with Crippen LogP contribution >= 0.6 is 11.6 Å². The van der Waals surface area contributed by atoms with E-state index < -0.39 is 0 Å². The number of rotatable bonds is 2. The third kappa shape index (κ3) is 1.87. The van der Waals surface area contributed by atoms with E-state index in [-0.39, 0.29) is 5.56 Å². The summed E-state index contributed by atoms with van der Waals surface area (Å²) < 4.78 is 6.55. The topological polar surface area (TPSA) is 59.9 Å². The lowest BCUT2D eigenvalue weighted by atomic mass is 10.4. The minimum Gasteiger partial charge on any atom is -0.479 e. The van der Waals surface area contributed by atoms with Gasteiger partial charge < -0.3 is 4.74 Å². The van der Waals surface area contributed by atoms with Gasteiger partial charge in [-0.2, -0.15) is 0 Å². The number of halogens is 1. The first-order chi connectivity index (χ1) is 7.20. The Balaban J connectivity index is 2.59. The number of methoxy groups -OCH3 is 1. The van der Waals surface area contributed by atoms with Crippen molar-refractivity contribution >= 4 is 11.6 Å². The lowest BCUT2D eigenvalue weighted by Crippen LogP contribution is -2.05. The molecule has 0 atom stereocenters. The predicted molar refractivity (Wildman–Crippen MR) is 55.7 cm³/mol. The minimum atomic E-state index is -0.197. The van der Waals surface area contributed by atoms with Gasteiger partial charge in [0.25, 0.3) is 5.56 Å². The van der Waals surface area contributed by atoms with Gasteiger partial charge in [0.2, 0.25) is 5.88 Å². The van der Waals surface area contributed by atoms with Crippen LogP contribution in [0.25, 0.3) is 5.69 Å². The number of nitrogens with one attached hydrogen (secondary N) is 1. The SMILES string of the molecule is COc1ncc(Cl)cc1-n1ccc(=O)[nH]1. The summed E-state index contributed by atoms with van der Waals surface area (Å²) in [5.74, 6) is 0.395. The molecule has 2 aromatic heterocycles. The van der Waals surface area contributed by atoms with Crippen LogP contribution in [0, 0.1) is 0 Å². The molecule has 2 rings (SSSR count). The van der Waals surface area contributed by atoms with E-state index in [0.29, 0.717) is 16.6 Å². The van der Waals surface area contributed by atoms with E-state index in [9.17, 15) is 4.79 Å². The normalized spacial score (nSPS) is 10.3. The maximum atomic E-state index is 11.0. The molecule has 0 radical (unpaired) electrons. The molecule has 5 nitrogen and oxygen atoms in total. The molecule has 0 aliphatic carbocycles. The Bertz CT molecular complexity index is 532. The molecule has 2 aromatic rings. The van der Waals surface area contributed by atoms with Crippen molar-refractivity contribution in [3.8, 4) is 11.6 Å². The van der Waals surface area contributed by atoms with Crippen molar-refractivity contribution < 1.29 is 4.74 Å². The Morgan fingerprint density at radius 3 is 3.00 bits per heavy atom. The van der Waals surface area contributed by atoms with Gasteiger partial charge in [0.05, 0.1) is 12.1 Å². The number of aromatic nitrogens is 3. The molecule has 0 unspecified atom stereocenters. The van der Waals surface area contributed by atoms with E-state index in [2.05, 4.69) is 10.1 Å². The molecular formula is C9H8ClN3O2. The first-order valence-electron chi connectivity index (χ1n) is 4.18. The van der Waals surface area contributed by atoms with Gasteiger partial charge in [0.15, 0.2) is 0 Å². The van der Waals surface area contributed by atoms with Crippen molar-refractivity contribution in [2.24, 2.45) is 0 Å². The van der Waals surface area contributed by atoms with Gasteiger partial charge >= 0.3 is 0 Å². The molecule has 2 heterocycles. The fourth-order valence-electron chi connectivity index (χ4n) is 1.22. The summed E-state index contributed by atoms with van der Waals surface area (Å²) in [4.78, 5) is 15.0. The van der Waals surface area contributed by atoms with E-state index in [0.717, 1.165) is 0 Å². The zero-order valence-corrected chi connectivity index (χ0v) is 8.65. The van der Waals surface area contributed by atoms with Crippen molar-refractivity contribution in [1.29, 1.82) is 0 Å². The van der Waals surface area contributed by atoms with E-state index in [1.807, 2.05) is 0 Å². The van der Waals surface area contributed by atoms with Gasteiger partial charge in [-0.3, -0.25) is 14.6 Å². The van der Waals surface area contributed by atoms with E-state index >= 15 is 0 Å². The number of nitrogens with zero attached hydrogens (tertiary/aromatic N) is 2. The molecule has 15 heavy (non-hydrogen) atoms. The summed E-state index contributed by atoms with van der Waals surface area (Å²) in [7, 11) is 1.50. The highest BCUT2D eigenvalue weighted by Crippen LogP contribution is 2.21. The van der Waals surface area contributed by atoms with Crippen molar-refractivity contribution in [3.63, 3.8) is 0 Å². The van der Waals surface area contributed by atoms with Crippen LogP contribution < -0.4 is 10.3 Å². The molecule has 0 fully saturated rings. The number of H-pyrrole nitrogens is 1. The van der Waals surface area contributed by atoms with Crippen LogP contribution in [0.15, 0.2) is 29.3 Å². The highest BCUT2D eigenvalue weighted by Gasteiger charge is 2.07. The van der Waals surface area contributed by atoms with Gasteiger partial charge in [-0.15, -0.1) is 0 Å². The monoisotopic (exact) mass is 225 g/mol. The maximum absolute atomic E-state index is 11.0. The summed E-state index contributed by atoms with van der Waals surface area (Å²) >= 11 is 5.81. The average molecular weight is 226 g/mol. The second-order valence-electron chi connectivity index (χ2n) is 2.84. The first-order valence-corrected chi connectivity index (χ1v) is 4.56. The van der Waals surface area contributed by atoms with Gasteiger partial charge in [-0.1, -0.05) is 11.6 Å². The molecule has 6 heteroatoms. The zero-order chi connectivity index (χ0) is 10.8. The van der Waals surface area contributed by atoms with Crippen LogP contribution in [-0.4, -0.2) is 21.9 Å². The average Bonchev–Trinajstić information content (AvgIpc) is 2.65. The lowest BCUT2D eigenvalue weighted by molar-refractivity contribution is 0.394. The van der Waals surface area contributed by atoms with Gasteiger partial charge in [-0.05, 0) is 6.07 Å². The molecule has 0 aromatic carbocycles. The van der Waals surface area contributed by atoms with Crippen molar-refractivity contribution in [2.45, 2.75) is 0 Å². The van der Waals surface area contributed by atoms with E-state index in [4.69, 9.17) is 16.3 Å². The molecule has 0 amide bonds. The van der Waals surface area contributed by atoms with Gasteiger partial charge in [0.1, 0.15) is 5.69 Å². The fraction of sp³-hybridized carbons (Fsp3) is 0.111. The summed E-state index contributed by atoms with van der Waals surface area (Å²) in [5, 5.41) is 3.05. The Labute approximate surface area is 90.3 Å². The standard InChI is InChI=1S/C9H8ClN3O2/c1-15-9-7(4-6(10)5-11-9)13-3-2-8(14)12-13/h2-5H,1H3,(H,12,14). The van der Waals surface area contributed by atoms with Crippen molar-refractivity contribution in [3.05, 3.63) is 39.9 Å². The number of hydrogen-bond acceptors (Lipinski definition) is 3. The minimum absolute atomic E-state index is 0.197. The summed E-state index contributed by atoms with van der Waals surface area (Å²) in [6.45, 7) is 0. The number of hydrogen-bond donors (Lipinski definition) is 1. The summed E-state index contributed by atoms with van der Waals surface area (Å²) in [6, 6.07) is 3.06. The number of pyridine rings is 1. The van der Waals surface area contributed by atoms with Crippen molar-refractivity contribution in [1.82, 2.24) is 14.8 Å². The predicted octanol–water partition coefficient (Wildman–Crippen LogP) is 1.22.